The van der Waals surface area contributed by atoms with Gasteiger partial charge in [0.25, 0.3) is 0 Å². The standard InChI is InChI=1S/C14H21NO/c1-10-8-12(9-11(2)13(10)16-3)14(4-5-14)6-7-15/h8-9H,4-7,15H2,1-3H3. The fourth-order valence-corrected chi connectivity index (χ4v) is 2.69. The summed E-state index contributed by atoms with van der Waals surface area (Å²) in [6.45, 7) is 5.02. The number of benzene rings is 1. The molecule has 0 unspecified atom stereocenters. The van der Waals surface area contributed by atoms with Crippen molar-refractivity contribution in [3.8, 4) is 5.75 Å². The maximum Gasteiger partial charge on any atom is 0.124 e. The summed E-state index contributed by atoms with van der Waals surface area (Å²) in [6, 6.07) is 4.54. The van der Waals surface area contributed by atoms with Crippen LogP contribution in [-0.2, 0) is 5.41 Å². The predicted octanol–water partition coefficient (Wildman–Crippen LogP) is 2.69. The number of hydrogen-bond donors (Lipinski definition) is 1. The van der Waals surface area contributed by atoms with Crippen molar-refractivity contribution in [2.75, 3.05) is 13.7 Å². The van der Waals surface area contributed by atoms with Crippen LogP contribution in [0.25, 0.3) is 0 Å². The molecule has 0 amide bonds. The van der Waals surface area contributed by atoms with E-state index in [-0.39, 0.29) is 0 Å². The number of ether oxygens (including phenoxy) is 1. The minimum absolute atomic E-state index is 0.385. The Kier molecular flexibility index (Phi) is 2.94. The lowest BCUT2D eigenvalue weighted by molar-refractivity contribution is 0.408. The molecule has 0 bridgehead atoms. The van der Waals surface area contributed by atoms with E-state index in [4.69, 9.17) is 10.5 Å². The number of hydrogen-bond acceptors (Lipinski definition) is 2. The summed E-state index contributed by atoms with van der Waals surface area (Å²) in [5.41, 5.74) is 10.0. The van der Waals surface area contributed by atoms with E-state index in [1.807, 2.05) is 0 Å². The first-order chi connectivity index (χ1) is 7.63. The first-order valence-corrected chi connectivity index (χ1v) is 5.99. The van der Waals surface area contributed by atoms with E-state index < -0.39 is 0 Å². The van der Waals surface area contributed by atoms with Gasteiger partial charge in [0.15, 0.2) is 0 Å². The summed E-state index contributed by atoms with van der Waals surface area (Å²) in [7, 11) is 1.74. The fraction of sp³-hybridized carbons (Fsp3) is 0.571. The first kappa shape index (κ1) is 11.5. The number of methoxy groups -OCH3 is 1. The minimum Gasteiger partial charge on any atom is -0.496 e. The topological polar surface area (TPSA) is 35.2 Å². The highest BCUT2D eigenvalue weighted by Gasteiger charge is 2.43. The molecule has 0 saturated heterocycles. The summed E-state index contributed by atoms with van der Waals surface area (Å²) in [4.78, 5) is 0. The Balaban J connectivity index is 2.37. The molecule has 2 N–H and O–H groups in total. The zero-order chi connectivity index (χ0) is 11.8. The molecular formula is C14H21NO. The van der Waals surface area contributed by atoms with Crippen molar-refractivity contribution in [3.05, 3.63) is 28.8 Å². The molecule has 0 radical (unpaired) electrons. The second-order valence-corrected chi connectivity index (χ2v) is 4.96. The van der Waals surface area contributed by atoms with Crippen LogP contribution in [-0.4, -0.2) is 13.7 Å². The van der Waals surface area contributed by atoms with E-state index in [2.05, 4.69) is 26.0 Å². The van der Waals surface area contributed by atoms with Crippen molar-refractivity contribution in [2.24, 2.45) is 5.73 Å². The van der Waals surface area contributed by atoms with Crippen LogP contribution in [0.5, 0.6) is 5.75 Å². The van der Waals surface area contributed by atoms with Crippen molar-refractivity contribution in [3.63, 3.8) is 0 Å². The molecule has 2 rings (SSSR count). The molecule has 88 valence electrons. The highest BCUT2D eigenvalue weighted by molar-refractivity contribution is 5.47. The van der Waals surface area contributed by atoms with E-state index in [0.29, 0.717) is 5.41 Å². The first-order valence-electron chi connectivity index (χ1n) is 5.99. The summed E-state index contributed by atoms with van der Waals surface area (Å²) < 4.78 is 5.40. The van der Waals surface area contributed by atoms with Gasteiger partial charge in [-0.25, -0.2) is 0 Å². The molecule has 2 heteroatoms. The van der Waals surface area contributed by atoms with Gasteiger partial charge < -0.3 is 10.5 Å². The van der Waals surface area contributed by atoms with E-state index in [1.54, 1.807) is 7.11 Å². The monoisotopic (exact) mass is 219 g/mol. The van der Waals surface area contributed by atoms with Crippen LogP contribution in [0.15, 0.2) is 12.1 Å². The Morgan fingerprint density at radius 3 is 2.19 bits per heavy atom. The lowest BCUT2D eigenvalue weighted by Crippen LogP contribution is -2.14. The van der Waals surface area contributed by atoms with Gasteiger partial charge in [-0.3, -0.25) is 0 Å². The molecule has 1 saturated carbocycles. The van der Waals surface area contributed by atoms with E-state index in [1.165, 1.54) is 29.5 Å². The van der Waals surface area contributed by atoms with Crippen LogP contribution in [0.2, 0.25) is 0 Å². The molecule has 1 aromatic carbocycles. The maximum absolute atomic E-state index is 5.70. The van der Waals surface area contributed by atoms with Crippen molar-refractivity contribution in [1.29, 1.82) is 0 Å². The van der Waals surface area contributed by atoms with Crippen LogP contribution in [0.3, 0.4) is 0 Å². The minimum atomic E-state index is 0.385. The number of aryl methyl sites for hydroxylation is 2. The molecule has 1 aliphatic carbocycles. The fourth-order valence-electron chi connectivity index (χ4n) is 2.69. The van der Waals surface area contributed by atoms with E-state index >= 15 is 0 Å². The Labute approximate surface area is 97.8 Å². The van der Waals surface area contributed by atoms with Crippen LogP contribution in [0.4, 0.5) is 0 Å². The maximum atomic E-state index is 5.70. The molecule has 1 aliphatic rings. The molecule has 0 aliphatic heterocycles. The second-order valence-electron chi connectivity index (χ2n) is 4.96. The summed E-state index contributed by atoms with van der Waals surface area (Å²) in [6.07, 6.45) is 3.68. The molecule has 1 fully saturated rings. The lowest BCUT2D eigenvalue weighted by Gasteiger charge is -2.18. The zero-order valence-electron chi connectivity index (χ0n) is 10.5. The molecule has 0 heterocycles. The van der Waals surface area contributed by atoms with Gasteiger partial charge in [0.1, 0.15) is 5.75 Å². The number of rotatable bonds is 4. The van der Waals surface area contributed by atoms with Crippen LogP contribution in [0.1, 0.15) is 36.0 Å². The predicted molar refractivity (Wildman–Crippen MR) is 67.1 cm³/mol. The zero-order valence-corrected chi connectivity index (χ0v) is 10.5. The summed E-state index contributed by atoms with van der Waals surface area (Å²) >= 11 is 0. The van der Waals surface area contributed by atoms with Gasteiger partial charge in [0.2, 0.25) is 0 Å². The SMILES string of the molecule is COc1c(C)cc(C2(CCN)CC2)cc1C. The van der Waals surface area contributed by atoms with Gasteiger partial charge >= 0.3 is 0 Å². The van der Waals surface area contributed by atoms with Crippen molar-refractivity contribution in [2.45, 2.75) is 38.5 Å². The largest absolute Gasteiger partial charge is 0.496 e. The molecule has 16 heavy (non-hydrogen) atoms. The Bertz CT molecular complexity index is 371. The van der Waals surface area contributed by atoms with Gasteiger partial charge in [0, 0.05) is 0 Å². The molecule has 0 aromatic heterocycles. The Morgan fingerprint density at radius 2 is 1.81 bits per heavy atom. The molecular weight excluding hydrogens is 198 g/mol. The third kappa shape index (κ3) is 1.82. The smallest absolute Gasteiger partial charge is 0.124 e. The molecule has 0 atom stereocenters. The summed E-state index contributed by atoms with van der Waals surface area (Å²) in [5, 5.41) is 0. The van der Waals surface area contributed by atoms with Gasteiger partial charge in [-0.1, -0.05) is 12.1 Å². The highest BCUT2D eigenvalue weighted by atomic mass is 16.5. The van der Waals surface area contributed by atoms with Crippen molar-refractivity contribution < 1.29 is 4.74 Å². The third-order valence-corrected chi connectivity index (χ3v) is 3.75. The Hall–Kier alpha value is -1.02. The molecule has 2 nitrogen and oxygen atoms in total. The quantitative estimate of drug-likeness (QED) is 0.845. The van der Waals surface area contributed by atoms with Crippen molar-refractivity contribution in [1.82, 2.24) is 0 Å². The van der Waals surface area contributed by atoms with Gasteiger partial charge in [0.05, 0.1) is 7.11 Å². The van der Waals surface area contributed by atoms with Gasteiger partial charge in [-0.05, 0) is 61.8 Å². The lowest BCUT2D eigenvalue weighted by atomic mass is 9.89. The highest BCUT2D eigenvalue weighted by Crippen LogP contribution is 2.51. The molecule has 1 aromatic rings. The van der Waals surface area contributed by atoms with Crippen LogP contribution in [0, 0.1) is 13.8 Å². The van der Waals surface area contributed by atoms with Gasteiger partial charge in [-0.2, -0.15) is 0 Å². The molecule has 0 spiro atoms. The van der Waals surface area contributed by atoms with Gasteiger partial charge in [-0.15, -0.1) is 0 Å². The average Bonchev–Trinajstić information content (AvgIpc) is 2.99. The number of nitrogens with two attached hydrogens (primary N) is 1. The third-order valence-electron chi connectivity index (χ3n) is 3.75. The van der Waals surface area contributed by atoms with E-state index in [0.717, 1.165) is 18.7 Å². The average molecular weight is 219 g/mol. The van der Waals surface area contributed by atoms with Crippen LogP contribution < -0.4 is 10.5 Å². The van der Waals surface area contributed by atoms with Crippen LogP contribution >= 0.6 is 0 Å². The van der Waals surface area contributed by atoms with Crippen molar-refractivity contribution >= 4 is 0 Å². The normalized spacial score (nSPS) is 17.2. The summed E-state index contributed by atoms with van der Waals surface area (Å²) in [5.74, 6) is 1.02. The van der Waals surface area contributed by atoms with E-state index in [9.17, 15) is 0 Å². The second kappa shape index (κ2) is 4.10. The Morgan fingerprint density at radius 1 is 1.25 bits per heavy atom.